The van der Waals surface area contributed by atoms with Gasteiger partial charge in [0.1, 0.15) is 5.82 Å². The molecule has 0 amide bonds. The van der Waals surface area contributed by atoms with Crippen LogP contribution in [-0.2, 0) is 0 Å². The summed E-state index contributed by atoms with van der Waals surface area (Å²) in [5, 5.41) is 3.69. The summed E-state index contributed by atoms with van der Waals surface area (Å²) in [4.78, 5) is 8.15. The van der Waals surface area contributed by atoms with E-state index in [1.807, 2.05) is 6.92 Å². The lowest BCUT2D eigenvalue weighted by molar-refractivity contribution is 0.520. The zero-order valence-electron chi connectivity index (χ0n) is 11.1. The van der Waals surface area contributed by atoms with Crippen LogP contribution in [0.4, 0.5) is 5.82 Å². The summed E-state index contributed by atoms with van der Waals surface area (Å²) in [6.45, 7) is 8.67. The highest BCUT2D eigenvalue weighted by atomic mass is 35.5. The standard InChI is InChI=1S/C13H22ClN3/c1-9(2)6-5-7-11(4)16-12-10(3)8-15-13(14)17-12/h8-9,11H,5-7H2,1-4H3,(H,15,16,17). The minimum absolute atomic E-state index is 0.299. The van der Waals surface area contributed by atoms with Gasteiger partial charge < -0.3 is 5.32 Å². The summed E-state index contributed by atoms with van der Waals surface area (Å²) < 4.78 is 0. The van der Waals surface area contributed by atoms with Gasteiger partial charge in [0.05, 0.1) is 0 Å². The van der Waals surface area contributed by atoms with Gasteiger partial charge in [0.2, 0.25) is 5.28 Å². The van der Waals surface area contributed by atoms with Gasteiger partial charge in [-0.1, -0.05) is 26.7 Å². The molecule has 0 bridgehead atoms. The van der Waals surface area contributed by atoms with Crippen molar-refractivity contribution in [2.45, 2.75) is 53.0 Å². The Bertz CT molecular complexity index is 353. The monoisotopic (exact) mass is 255 g/mol. The first-order chi connectivity index (χ1) is 7.99. The molecule has 96 valence electrons. The van der Waals surface area contributed by atoms with Crippen LogP contribution in [0.3, 0.4) is 0 Å². The van der Waals surface area contributed by atoms with Crippen molar-refractivity contribution in [1.29, 1.82) is 0 Å². The maximum atomic E-state index is 5.78. The Morgan fingerprint density at radius 2 is 2.00 bits per heavy atom. The topological polar surface area (TPSA) is 37.8 Å². The van der Waals surface area contributed by atoms with E-state index < -0.39 is 0 Å². The molecule has 1 heterocycles. The van der Waals surface area contributed by atoms with E-state index in [0.717, 1.165) is 23.7 Å². The Hall–Kier alpha value is -0.830. The first-order valence-corrected chi connectivity index (χ1v) is 6.62. The molecular weight excluding hydrogens is 234 g/mol. The quantitative estimate of drug-likeness (QED) is 0.779. The SMILES string of the molecule is Cc1cnc(Cl)nc1NC(C)CCCC(C)C. The Morgan fingerprint density at radius 1 is 1.29 bits per heavy atom. The average Bonchev–Trinajstić information content (AvgIpc) is 2.23. The van der Waals surface area contributed by atoms with Crippen molar-refractivity contribution >= 4 is 17.4 Å². The third kappa shape index (κ3) is 5.35. The van der Waals surface area contributed by atoms with Crippen LogP contribution >= 0.6 is 11.6 Å². The molecule has 1 rings (SSSR count). The van der Waals surface area contributed by atoms with E-state index in [2.05, 4.69) is 36.1 Å². The molecule has 0 fully saturated rings. The van der Waals surface area contributed by atoms with Crippen LogP contribution in [0.5, 0.6) is 0 Å². The third-order valence-electron chi connectivity index (χ3n) is 2.74. The minimum Gasteiger partial charge on any atom is -0.367 e. The van der Waals surface area contributed by atoms with Crippen molar-refractivity contribution in [3.05, 3.63) is 17.0 Å². The first kappa shape index (κ1) is 14.2. The van der Waals surface area contributed by atoms with E-state index in [0.29, 0.717) is 11.3 Å². The van der Waals surface area contributed by atoms with Crippen molar-refractivity contribution in [2.75, 3.05) is 5.32 Å². The Labute approximate surface area is 109 Å². The maximum Gasteiger partial charge on any atom is 0.224 e. The maximum absolute atomic E-state index is 5.78. The lowest BCUT2D eigenvalue weighted by Gasteiger charge is -2.16. The number of hydrogen-bond acceptors (Lipinski definition) is 3. The average molecular weight is 256 g/mol. The van der Waals surface area contributed by atoms with Gasteiger partial charge >= 0.3 is 0 Å². The Balaban J connectivity index is 2.44. The molecule has 0 saturated heterocycles. The molecule has 0 saturated carbocycles. The van der Waals surface area contributed by atoms with Crippen molar-refractivity contribution in [2.24, 2.45) is 5.92 Å². The van der Waals surface area contributed by atoms with Gasteiger partial charge in [-0.05, 0) is 37.8 Å². The van der Waals surface area contributed by atoms with E-state index in [-0.39, 0.29) is 0 Å². The normalized spacial score (nSPS) is 12.8. The van der Waals surface area contributed by atoms with Crippen LogP contribution in [-0.4, -0.2) is 16.0 Å². The fraction of sp³-hybridized carbons (Fsp3) is 0.692. The van der Waals surface area contributed by atoms with Gasteiger partial charge in [-0.25, -0.2) is 9.97 Å². The molecule has 1 aromatic rings. The van der Waals surface area contributed by atoms with E-state index in [9.17, 15) is 0 Å². The van der Waals surface area contributed by atoms with Gasteiger partial charge in [0.15, 0.2) is 0 Å². The lowest BCUT2D eigenvalue weighted by atomic mass is 10.0. The molecule has 0 aliphatic heterocycles. The number of hydrogen-bond donors (Lipinski definition) is 1. The summed E-state index contributed by atoms with van der Waals surface area (Å²) in [7, 11) is 0. The van der Waals surface area contributed by atoms with Crippen LogP contribution in [0.25, 0.3) is 0 Å². The van der Waals surface area contributed by atoms with Crippen LogP contribution in [0.2, 0.25) is 5.28 Å². The van der Waals surface area contributed by atoms with Gasteiger partial charge in [0.25, 0.3) is 0 Å². The minimum atomic E-state index is 0.299. The van der Waals surface area contributed by atoms with Crippen molar-refractivity contribution in [3.63, 3.8) is 0 Å². The molecule has 0 aromatic carbocycles. The highest BCUT2D eigenvalue weighted by Gasteiger charge is 2.07. The van der Waals surface area contributed by atoms with E-state index >= 15 is 0 Å². The predicted molar refractivity (Wildman–Crippen MR) is 73.6 cm³/mol. The summed E-state index contributed by atoms with van der Waals surface area (Å²) in [5.41, 5.74) is 1.03. The van der Waals surface area contributed by atoms with E-state index in [1.54, 1.807) is 6.20 Å². The number of anilines is 1. The summed E-state index contributed by atoms with van der Waals surface area (Å²) in [6.07, 6.45) is 5.41. The van der Waals surface area contributed by atoms with Crippen LogP contribution in [0, 0.1) is 12.8 Å². The van der Waals surface area contributed by atoms with Crippen molar-refractivity contribution in [3.8, 4) is 0 Å². The number of halogens is 1. The van der Waals surface area contributed by atoms with Crippen LogP contribution < -0.4 is 5.32 Å². The molecule has 0 spiro atoms. The van der Waals surface area contributed by atoms with Gasteiger partial charge in [-0.2, -0.15) is 0 Å². The predicted octanol–water partition coefficient (Wildman–Crippen LogP) is 4.07. The number of nitrogens with zero attached hydrogens (tertiary/aromatic N) is 2. The molecule has 0 aliphatic rings. The third-order valence-corrected chi connectivity index (χ3v) is 2.93. The molecule has 17 heavy (non-hydrogen) atoms. The van der Waals surface area contributed by atoms with Crippen molar-refractivity contribution < 1.29 is 0 Å². The fourth-order valence-electron chi connectivity index (χ4n) is 1.70. The summed E-state index contributed by atoms with van der Waals surface area (Å²) in [6, 6.07) is 0.415. The van der Waals surface area contributed by atoms with Gasteiger partial charge in [-0.3, -0.25) is 0 Å². The highest BCUT2D eigenvalue weighted by Crippen LogP contribution is 2.16. The van der Waals surface area contributed by atoms with Crippen molar-refractivity contribution in [1.82, 2.24) is 9.97 Å². The first-order valence-electron chi connectivity index (χ1n) is 6.24. The smallest absolute Gasteiger partial charge is 0.224 e. The van der Waals surface area contributed by atoms with Crippen LogP contribution in [0.1, 0.15) is 45.6 Å². The number of aromatic nitrogens is 2. The molecule has 0 aliphatic carbocycles. The van der Waals surface area contributed by atoms with Crippen LogP contribution in [0.15, 0.2) is 6.20 Å². The second-order valence-corrected chi connectivity index (χ2v) is 5.38. The molecule has 4 heteroatoms. The van der Waals surface area contributed by atoms with E-state index in [4.69, 9.17) is 11.6 Å². The Morgan fingerprint density at radius 3 is 2.65 bits per heavy atom. The summed E-state index contributed by atoms with van der Waals surface area (Å²) >= 11 is 5.78. The molecule has 1 aromatic heterocycles. The molecular formula is C13H22ClN3. The van der Waals surface area contributed by atoms with E-state index in [1.165, 1.54) is 12.8 Å². The second-order valence-electron chi connectivity index (χ2n) is 5.04. The molecule has 1 atom stereocenters. The zero-order chi connectivity index (χ0) is 12.8. The second kappa shape index (κ2) is 6.80. The molecule has 1 unspecified atom stereocenters. The van der Waals surface area contributed by atoms with Gasteiger partial charge in [-0.15, -0.1) is 0 Å². The number of rotatable bonds is 6. The van der Waals surface area contributed by atoms with Gasteiger partial charge in [0, 0.05) is 17.8 Å². The highest BCUT2D eigenvalue weighted by molar-refractivity contribution is 6.28. The molecule has 0 radical (unpaired) electrons. The largest absolute Gasteiger partial charge is 0.367 e. The molecule has 3 nitrogen and oxygen atoms in total. The summed E-state index contributed by atoms with van der Waals surface area (Å²) in [5.74, 6) is 1.62. The Kier molecular flexibility index (Phi) is 5.69. The number of nitrogens with one attached hydrogen (secondary N) is 1. The fourth-order valence-corrected chi connectivity index (χ4v) is 1.84. The zero-order valence-corrected chi connectivity index (χ0v) is 11.9. The number of aryl methyl sites for hydroxylation is 1. The lowest BCUT2D eigenvalue weighted by Crippen LogP contribution is -2.17. The molecule has 1 N–H and O–H groups in total.